The first-order valence-electron chi connectivity index (χ1n) is 9.60. The summed E-state index contributed by atoms with van der Waals surface area (Å²) in [7, 11) is -1.25. The number of anilines is 2. The van der Waals surface area contributed by atoms with Crippen molar-refractivity contribution in [3.8, 4) is 11.8 Å². The lowest BCUT2D eigenvalue weighted by Gasteiger charge is -2.12. The first-order chi connectivity index (χ1) is 16.6. The number of methoxy groups -OCH3 is 1. The first kappa shape index (κ1) is 24.2. The summed E-state index contributed by atoms with van der Waals surface area (Å²) in [5.41, 5.74) is -0.568. The van der Waals surface area contributed by atoms with Crippen LogP contribution in [-0.4, -0.2) is 48.1 Å². The highest BCUT2D eigenvalue weighted by atomic mass is 35.5. The number of H-pyrrole nitrogens is 1. The summed E-state index contributed by atoms with van der Waals surface area (Å²) in [5, 5.41) is 5.38. The predicted molar refractivity (Wildman–Crippen MR) is 131 cm³/mol. The average Bonchev–Trinajstić information content (AvgIpc) is 3.26. The van der Waals surface area contributed by atoms with Gasteiger partial charge in [0.2, 0.25) is 11.8 Å². The third-order valence-corrected chi connectivity index (χ3v) is 7.66. The van der Waals surface area contributed by atoms with Crippen LogP contribution >= 0.6 is 22.9 Å². The highest BCUT2D eigenvalue weighted by Crippen LogP contribution is 2.26. The third kappa shape index (κ3) is 4.82. The van der Waals surface area contributed by atoms with Gasteiger partial charge in [-0.1, -0.05) is 11.6 Å². The second-order valence-corrected chi connectivity index (χ2v) is 10.4. The van der Waals surface area contributed by atoms with Crippen molar-refractivity contribution in [3.63, 3.8) is 0 Å². The molecule has 3 heterocycles. The average molecular weight is 538 g/mol. The highest BCUT2D eigenvalue weighted by Gasteiger charge is 2.22. The molecule has 2 amide bonds. The molecule has 0 unspecified atom stereocenters. The number of sulfonamides is 1. The zero-order valence-electron chi connectivity index (χ0n) is 17.9. The summed E-state index contributed by atoms with van der Waals surface area (Å²) in [6, 6.07) is 6.31. The molecule has 0 aliphatic heterocycles. The second kappa shape index (κ2) is 9.36. The van der Waals surface area contributed by atoms with Gasteiger partial charge in [0, 0.05) is 12.7 Å². The van der Waals surface area contributed by atoms with Gasteiger partial charge in [-0.05, 0) is 30.3 Å². The Bertz CT molecular complexity index is 1680. The van der Waals surface area contributed by atoms with Gasteiger partial charge in [-0.3, -0.25) is 4.79 Å². The van der Waals surface area contributed by atoms with Crippen molar-refractivity contribution in [2.24, 2.45) is 0 Å². The Morgan fingerprint density at radius 3 is 2.66 bits per heavy atom. The zero-order chi connectivity index (χ0) is 25.3. The van der Waals surface area contributed by atoms with E-state index in [0.717, 1.165) is 17.5 Å². The van der Waals surface area contributed by atoms with Crippen LogP contribution in [0.3, 0.4) is 0 Å². The van der Waals surface area contributed by atoms with E-state index in [0.29, 0.717) is 15.8 Å². The highest BCUT2D eigenvalue weighted by molar-refractivity contribution is 7.92. The minimum Gasteiger partial charge on any atom is -0.479 e. The molecule has 35 heavy (non-hydrogen) atoms. The maximum absolute atomic E-state index is 13.0. The number of benzene rings is 1. The maximum Gasteiger partial charge on any atom is 0.335 e. The molecule has 0 aliphatic rings. The molecule has 16 heteroatoms. The van der Waals surface area contributed by atoms with Crippen molar-refractivity contribution in [3.05, 3.63) is 61.7 Å². The van der Waals surface area contributed by atoms with E-state index in [9.17, 15) is 22.8 Å². The molecule has 182 valence electrons. The number of carbonyl (C=O) groups is 1. The minimum absolute atomic E-state index is 0.114. The molecule has 4 N–H and O–H groups in total. The SMILES string of the molecule is CNc1ccc2c(=O)n(-c3ncc(NC(=O)NS(=O)(=O)c4ccc(Cl)s4)c(OC)n3)c(=O)[nH]c2c1. The van der Waals surface area contributed by atoms with E-state index in [1.165, 1.54) is 25.3 Å². The number of nitrogens with zero attached hydrogens (tertiary/aromatic N) is 3. The van der Waals surface area contributed by atoms with Crippen LogP contribution in [0, 0.1) is 0 Å². The molecule has 0 fully saturated rings. The number of fused-ring (bicyclic) bond motifs is 1. The van der Waals surface area contributed by atoms with Crippen molar-refractivity contribution in [1.82, 2.24) is 24.2 Å². The van der Waals surface area contributed by atoms with E-state index >= 15 is 0 Å². The molecule has 0 atom stereocenters. The van der Waals surface area contributed by atoms with Crippen molar-refractivity contribution < 1.29 is 17.9 Å². The van der Waals surface area contributed by atoms with Gasteiger partial charge in [0.15, 0.2) is 0 Å². The monoisotopic (exact) mass is 537 g/mol. The molecule has 13 nitrogen and oxygen atoms in total. The van der Waals surface area contributed by atoms with E-state index in [-0.39, 0.29) is 31.4 Å². The van der Waals surface area contributed by atoms with Gasteiger partial charge >= 0.3 is 11.7 Å². The lowest BCUT2D eigenvalue weighted by Crippen LogP contribution is -2.35. The number of amides is 2. The largest absolute Gasteiger partial charge is 0.479 e. The quantitative estimate of drug-likeness (QED) is 0.285. The molecule has 0 saturated heterocycles. The van der Waals surface area contributed by atoms with Gasteiger partial charge in [0.1, 0.15) is 9.90 Å². The summed E-state index contributed by atoms with van der Waals surface area (Å²) >= 11 is 6.52. The van der Waals surface area contributed by atoms with Crippen molar-refractivity contribution in [2.75, 3.05) is 24.8 Å². The predicted octanol–water partition coefficient (Wildman–Crippen LogP) is 1.74. The van der Waals surface area contributed by atoms with Crippen LogP contribution < -0.4 is 31.3 Å². The van der Waals surface area contributed by atoms with Crippen LogP contribution in [0.15, 0.2) is 50.3 Å². The molecule has 1 aromatic carbocycles. The normalized spacial score (nSPS) is 11.3. The Labute approximate surface area is 205 Å². The van der Waals surface area contributed by atoms with Crippen molar-refractivity contribution >= 4 is 61.3 Å². The fourth-order valence-electron chi connectivity index (χ4n) is 3.02. The number of ether oxygens (including phenoxy) is 1. The zero-order valence-corrected chi connectivity index (χ0v) is 20.3. The first-order valence-corrected chi connectivity index (χ1v) is 12.3. The van der Waals surface area contributed by atoms with Crippen LogP contribution in [0.4, 0.5) is 16.2 Å². The number of hydrogen-bond donors (Lipinski definition) is 4. The summed E-state index contributed by atoms with van der Waals surface area (Å²) in [6.07, 6.45) is 1.07. The summed E-state index contributed by atoms with van der Waals surface area (Å²) in [5.74, 6) is -0.543. The van der Waals surface area contributed by atoms with Crippen LogP contribution in [0.5, 0.6) is 5.88 Å². The number of urea groups is 1. The standard InChI is InChI=1S/C19H16ClN7O6S2/c1-21-9-3-4-10-11(7-9)24-19(30)27(16(10)28)17-22-8-12(15(25-17)33-2)23-18(29)26-35(31,32)14-6-5-13(20)34-14/h3-8,21H,1-2H3,(H,24,30)(H2,23,26,29). The molecule has 0 radical (unpaired) electrons. The molecule has 0 spiro atoms. The molecule has 4 aromatic rings. The molecule has 4 rings (SSSR count). The number of rotatable bonds is 6. The number of nitrogens with one attached hydrogen (secondary N) is 4. The molecule has 0 saturated carbocycles. The Hall–Kier alpha value is -3.95. The van der Waals surface area contributed by atoms with E-state index in [1.54, 1.807) is 19.2 Å². The Morgan fingerprint density at radius 1 is 1.23 bits per heavy atom. The molecule has 0 aliphatic carbocycles. The van der Waals surface area contributed by atoms with Gasteiger partial charge in [-0.15, -0.1) is 11.3 Å². The Balaban J connectivity index is 1.65. The molecule has 3 aromatic heterocycles. The minimum atomic E-state index is -4.17. The van der Waals surface area contributed by atoms with Gasteiger partial charge < -0.3 is 20.4 Å². The molecular weight excluding hydrogens is 522 g/mol. The summed E-state index contributed by atoms with van der Waals surface area (Å²) < 4.78 is 32.3. The number of aromatic nitrogens is 4. The van der Waals surface area contributed by atoms with E-state index in [4.69, 9.17) is 16.3 Å². The lowest BCUT2D eigenvalue weighted by atomic mass is 10.2. The summed E-state index contributed by atoms with van der Waals surface area (Å²) in [4.78, 5) is 48.4. The number of hydrogen-bond acceptors (Lipinski definition) is 10. The smallest absolute Gasteiger partial charge is 0.335 e. The van der Waals surface area contributed by atoms with Crippen LogP contribution in [-0.2, 0) is 10.0 Å². The van der Waals surface area contributed by atoms with Gasteiger partial charge in [-0.25, -0.2) is 27.7 Å². The number of thiophene rings is 1. The van der Waals surface area contributed by atoms with E-state index in [2.05, 4.69) is 25.6 Å². The second-order valence-electron chi connectivity index (χ2n) is 6.79. The fourth-order valence-corrected chi connectivity index (χ4v) is 5.41. The lowest BCUT2D eigenvalue weighted by molar-refractivity contribution is 0.256. The number of halogens is 1. The van der Waals surface area contributed by atoms with E-state index < -0.39 is 27.3 Å². The summed E-state index contributed by atoms with van der Waals surface area (Å²) in [6.45, 7) is 0. The van der Waals surface area contributed by atoms with Crippen LogP contribution in [0.1, 0.15) is 0 Å². The van der Waals surface area contributed by atoms with Crippen molar-refractivity contribution in [2.45, 2.75) is 4.21 Å². The van der Waals surface area contributed by atoms with Gasteiger partial charge in [-0.2, -0.15) is 9.55 Å². The molecular formula is C19H16ClN7O6S2. The van der Waals surface area contributed by atoms with Gasteiger partial charge in [0.25, 0.3) is 15.6 Å². The fraction of sp³-hybridized carbons (Fsp3) is 0.105. The number of carbonyl (C=O) groups excluding carboxylic acids is 1. The third-order valence-electron chi connectivity index (χ3n) is 4.61. The Kier molecular flexibility index (Phi) is 6.47. The topological polar surface area (TPSA) is 177 Å². The molecule has 0 bridgehead atoms. The van der Waals surface area contributed by atoms with E-state index in [1.807, 2.05) is 4.72 Å². The Morgan fingerprint density at radius 2 is 2.00 bits per heavy atom. The number of aromatic amines is 1. The maximum atomic E-state index is 13.0. The van der Waals surface area contributed by atoms with Gasteiger partial charge in [0.05, 0.1) is 28.5 Å². The van der Waals surface area contributed by atoms with Crippen molar-refractivity contribution in [1.29, 1.82) is 0 Å². The van der Waals surface area contributed by atoms with Crippen LogP contribution in [0.2, 0.25) is 4.34 Å². The van der Waals surface area contributed by atoms with Crippen LogP contribution in [0.25, 0.3) is 16.9 Å².